The van der Waals surface area contributed by atoms with Crippen LogP contribution in [0.1, 0.15) is 11.1 Å². The van der Waals surface area contributed by atoms with Gasteiger partial charge in [-0.25, -0.2) is 4.98 Å². The number of fused-ring (bicyclic) bond motifs is 3. The molecule has 0 aliphatic heterocycles. The smallest absolute Gasteiger partial charge is 0.297 e. The molecule has 0 unspecified atom stereocenters. The van der Waals surface area contributed by atoms with E-state index in [4.69, 9.17) is 9.15 Å². The van der Waals surface area contributed by atoms with Crippen LogP contribution in [0.15, 0.2) is 58.0 Å². The molecule has 120 valence electrons. The van der Waals surface area contributed by atoms with E-state index >= 15 is 0 Å². The van der Waals surface area contributed by atoms with E-state index in [1.807, 2.05) is 49.4 Å². The fraction of sp³-hybridized carbons (Fsp3) is 0.158. The van der Waals surface area contributed by atoms with E-state index in [2.05, 4.69) is 4.98 Å². The normalized spacial score (nSPS) is 11.2. The molecule has 2 aromatic heterocycles. The van der Waals surface area contributed by atoms with E-state index in [1.165, 1.54) is 0 Å². The molecule has 0 amide bonds. The Morgan fingerprint density at radius 3 is 2.88 bits per heavy atom. The molecule has 2 aromatic carbocycles. The van der Waals surface area contributed by atoms with E-state index < -0.39 is 0 Å². The molecular formula is C19H16N2O3. The number of nitrogens with zero attached hydrogens (tertiary/aromatic N) is 2. The van der Waals surface area contributed by atoms with Crippen molar-refractivity contribution in [2.75, 3.05) is 7.11 Å². The number of ether oxygens (including phenoxy) is 1. The maximum absolute atomic E-state index is 12.8. The number of aromatic nitrogens is 2. The third-order valence-corrected chi connectivity index (χ3v) is 4.13. The summed E-state index contributed by atoms with van der Waals surface area (Å²) >= 11 is 0. The van der Waals surface area contributed by atoms with Gasteiger partial charge in [0.1, 0.15) is 16.8 Å². The maximum atomic E-state index is 12.8. The predicted octanol–water partition coefficient (Wildman–Crippen LogP) is 3.51. The molecular weight excluding hydrogens is 304 g/mol. The van der Waals surface area contributed by atoms with Gasteiger partial charge in [0.25, 0.3) is 5.56 Å². The van der Waals surface area contributed by atoms with E-state index in [9.17, 15) is 4.79 Å². The van der Waals surface area contributed by atoms with Gasteiger partial charge in [-0.1, -0.05) is 29.8 Å². The minimum absolute atomic E-state index is 0.195. The van der Waals surface area contributed by atoms with Crippen molar-refractivity contribution in [2.45, 2.75) is 13.5 Å². The first-order chi connectivity index (χ1) is 11.7. The third-order valence-electron chi connectivity index (χ3n) is 4.13. The predicted molar refractivity (Wildman–Crippen MR) is 92.6 cm³/mol. The van der Waals surface area contributed by atoms with Crippen molar-refractivity contribution in [3.8, 4) is 5.75 Å². The van der Waals surface area contributed by atoms with Gasteiger partial charge in [-0.2, -0.15) is 0 Å². The molecule has 24 heavy (non-hydrogen) atoms. The average Bonchev–Trinajstić information content (AvgIpc) is 2.97. The Labute approximate surface area is 138 Å². The Balaban J connectivity index is 1.86. The summed E-state index contributed by atoms with van der Waals surface area (Å²) in [6, 6.07) is 13.4. The SMILES string of the molecule is COc1ccc(C)cc1Cn1cnc2c(oc3ccccc32)c1=O. The number of aryl methyl sites for hydroxylation is 1. The van der Waals surface area contributed by atoms with Crippen LogP contribution in [0.5, 0.6) is 5.75 Å². The van der Waals surface area contributed by atoms with Gasteiger partial charge < -0.3 is 9.15 Å². The second-order valence-electron chi connectivity index (χ2n) is 5.77. The van der Waals surface area contributed by atoms with E-state index in [-0.39, 0.29) is 11.1 Å². The quantitative estimate of drug-likeness (QED) is 0.579. The Bertz CT molecular complexity index is 1110. The second-order valence-corrected chi connectivity index (χ2v) is 5.77. The summed E-state index contributed by atoms with van der Waals surface area (Å²) in [5.74, 6) is 0.747. The number of hydrogen-bond acceptors (Lipinski definition) is 4. The summed E-state index contributed by atoms with van der Waals surface area (Å²) < 4.78 is 12.6. The molecule has 4 aromatic rings. The molecule has 4 rings (SSSR count). The Morgan fingerprint density at radius 1 is 1.21 bits per heavy atom. The van der Waals surface area contributed by atoms with Gasteiger partial charge in [-0.05, 0) is 25.1 Å². The number of benzene rings is 2. The van der Waals surface area contributed by atoms with Crippen molar-refractivity contribution in [1.82, 2.24) is 9.55 Å². The van der Waals surface area contributed by atoms with Crippen LogP contribution >= 0.6 is 0 Å². The van der Waals surface area contributed by atoms with Gasteiger partial charge in [0.2, 0.25) is 5.58 Å². The summed E-state index contributed by atoms with van der Waals surface area (Å²) in [5.41, 5.74) is 3.39. The van der Waals surface area contributed by atoms with Gasteiger partial charge in [0.05, 0.1) is 20.0 Å². The first kappa shape index (κ1) is 14.5. The topological polar surface area (TPSA) is 57.3 Å². The van der Waals surface area contributed by atoms with Crippen molar-refractivity contribution in [3.05, 3.63) is 70.3 Å². The lowest BCUT2D eigenvalue weighted by Crippen LogP contribution is -2.20. The van der Waals surface area contributed by atoms with Gasteiger partial charge in [0.15, 0.2) is 0 Å². The van der Waals surface area contributed by atoms with Crippen molar-refractivity contribution >= 4 is 22.1 Å². The molecule has 5 nitrogen and oxygen atoms in total. The van der Waals surface area contributed by atoms with Crippen LogP contribution in [0.2, 0.25) is 0 Å². The highest BCUT2D eigenvalue weighted by Crippen LogP contribution is 2.25. The molecule has 0 atom stereocenters. The first-order valence-electron chi connectivity index (χ1n) is 7.67. The second kappa shape index (κ2) is 5.53. The van der Waals surface area contributed by atoms with Gasteiger partial charge in [-0.15, -0.1) is 0 Å². The van der Waals surface area contributed by atoms with Crippen molar-refractivity contribution in [1.29, 1.82) is 0 Å². The summed E-state index contributed by atoms with van der Waals surface area (Å²) in [6.45, 7) is 2.39. The maximum Gasteiger partial charge on any atom is 0.297 e. The Hall–Kier alpha value is -3.08. The number of para-hydroxylation sites is 1. The molecule has 0 bridgehead atoms. The first-order valence-corrected chi connectivity index (χ1v) is 7.67. The summed E-state index contributed by atoms with van der Waals surface area (Å²) in [4.78, 5) is 17.2. The number of hydrogen-bond donors (Lipinski definition) is 0. The van der Waals surface area contributed by atoms with Crippen LogP contribution in [0, 0.1) is 6.92 Å². The summed E-state index contributed by atoms with van der Waals surface area (Å²) in [7, 11) is 1.62. The number of rotatable bonds is 3. The van der Waals surface area contributed by atoms with Crippen LogP contribution < -0.4 is 10.3 Å². The molecule has 5 heteroatoms. The van der Waals surface area contributed by atoms with Gasteiger partial charge in [0, 0.05) is 10.9 Å². The zero-order valence-corrected chi connectivity index (χ0v) is 13.4. The standard InChI is InChI=1S/C19H16N2O3/c1-12-7-8-15(23-2)13(9-12)10-21-11-20-17-14-5-3-4-6-16(14)24-18(17)19(21)22/h3-9,11H,10H2,1-2H3. The lowest BCUT2D eigenvalue weighted by molar-refractivity contribution is 0.408. The van der Waals surface area contributed by atoms with E-state index in [0.717, 1.165) is 22.3 Å². The van der Waals surface area contributed by atoms with E-state index in [1.54, 1.807) is 18.0 Å². The molecule has 0 saturated carbocycles. The minimum atomic E-state index is -0.195. The largest absolute Gasteiger partial charge is 0.496 e. The highest BCUT2D eigenvalue weighted by Gasteiger charge is 2.14. The molecule has 0 fully saturated rings. The Kier molecular flexibility index (Phi) is 3.34. The molecule has 0 aliphatic rings. The average molecular weight is 320 g/mol. The highest BCUT2D eigenvalue weighted by atomic mass is 16.5. The zero-order valence-electron chi connectivity index (χ0n) is 13.4. The highest BCUT2D eigenvalue weighted by molar-refractivity contribution is 6.01. The van der Waals surface area contributed by atoms with Crippen LogP contribution in [0.25, 0.3) is 22.1 Å². The zero-order chi connectivity index (χ0) is 16.7. The molecule has 0 N–H and O–H groups in total. The van der Waals surface area contributed by atoms with Crippen molar-refractivity contribution in [2.24, 2.45) is 0 Å². The fourth-order valence-electron chi connectivity index (χ4n) is 2.94. The van der Waals surface area contributed by atoms with Crippen LogP contribution in [-0.2, 0) is 6.54 Å². The number of methoxy groups -OCH3 is 1. The van der Waals surface area contributed by atoms with Crippen LogP contribution in [0.3, 0.4) is 0 Å². The minimum Gasteiger partial charge on any atom is -0.496 e. The lowest BCUT2D eigenvalue weighted by Gasteiger charge is -2.10. The molecule has 0 saturated heterocycles. The van der Waals surface area contributed by atoms with Crippen LogP contribution in [-0.4, -0.2) is 16.7 Å². The summed E-state index contributed by atoms with van der Waals surface area (Å²) in [5, 5.41) is 0.852. The van der Waals surface area contributed by atoms with Crippen molar-refractivity contribution in [3.63, 3.8) is 0 Å². The number of furan rings is 1. The fourth-order valence-corrected chi connectivity index (χ4v) is 2.94. The van der Waals surface area contributed by atoms with Gasteiger partial charge >= 0.3 is 0 Å². The van der Waals surface area contributed by atoms with Crippen molar-refractivity contribution < 1.29 is 9.15 Å². The molecule has 0 radical (unpaired) electrons. The molecule has 2 heterocycles. The lowest BCUT2D eigenvalue weighted by atomic mass is 10.1. The molecule has 0 spiro atoms. The van der Waals surface area contributed by atoms with E-state index in [0.29, 0.717) is 17.6 Å². The van der Waals surface area contributed by atoms with Crippen LogP contribution in [0.4, 0.5) is 0 Å². The monoisotopic (exact) mass is 320 g/mol. The molecule has 0 aliphatic carbocycles. The van der Waals surface area contributed by atoms with Gasteiger partial charge in [-0.3, -0.25) is 9.36 Å². The Morgan fingerprint density at radius 2 is 2.04 bits per heavy atom. The summed E-state index contributed by atoms with van der Waals surface area (Å²) in [6.07, 6.45) is 1.56. The third kappa shape index (κ3) is 2.25.